The molecule has 0 aromatic heterocycles. The molecule has 2 nitrogen and oxygen atoms in total. The Labute approximate surface area is 134 Å². The second-order valence-electron chi connectivity index (χ2n) is 9.26. The van der Waals surface area contributed by atoms with Gasteiger partial charge in [-0.05, 0) is 97.9 Å². The normalized spacial score (nSPS) is 57.5. The molecule has 0 spiro atoms. The van der Waals surface area contributed by atoms with E-state index in [9.17, 15) is 0 Å². The van der Waals surface area contributed by atoms with Crippen LogP contribution >= 0.6 is 0 Å². The van der Waals surface area contributed by atoms with E-state index in [1.54, 1.807) is 12.0 Å². The Morgan fingerprint density at radius 3 is 2.82 bits per heavy atom. The zero-order valence-corrected chi connectivity index (χ0v) is 14.0. The van der Waals surface area contributed by atoms with Gasteiger partial charge in [0.2, 0.25) is 0 Å². The number of hydrogen-bond acceptors (Lipinski definition) is 2. The van der Waals surface area contributed by atoms with Crippen LogP contribution in [-0.4, -0.2) is 10.9 Å². The first kappa shape index (κ1) is 13.6. The summed E-state index contributed by atoms with van der Waals surface area (Å²) in [5.41, 5.74) is 3.21. The van der Waals surface area contributed by atoms with Gasteiger partial charge in [-0.3, -0.25) is 0 Å². The number of nitrogens with zero attached hydrogens (tertiary/aromatic N) is 1. The van der Waals surface area contributed by atoms with Crippen LogP contribution in [-0.2, 0) is 0 Å². The highest BCUT2D eigenvalue weighted by molar-refractivity contribution is 5.96. The minimum Gasteiger partial charge on any atom is -0.411 e. The van der Waals surface area contributed by atoms with Gasteiger partial charge in [0.05, 0.1) is 5.71 Å². The summed E-state index contributed by atoms with van der Waals surface area (Å²) in [6.07, 6.45) is 11.6. The molecule has 8 unspecified atom stereocenters. The van der Waals surface area contributed by atoms with Crippen LogP contribution in [0.2, 0.25) is 0 Å². The molecule has 0 heterocycles. The average Bonchev–Trinajstić information content (AvgIpc) is 3.06. The van der Waals surface area contributed by atoms with E-state index in [1.807, 2.05) is 0 Å². The molecule has 0 amide bonds. The van der Waals surface area contributed by atoms with Crippen molar-refractivity contribution in [2.45, 2.75) is 58.8 Å². The predicted molar refractivity (Wildman–Crippen MR) is 87.8 cm³/mol. The molecule has 2 heteroatoms. The van der Waals surface area contributed by atoms with Crippen LogP contribution in [0.4, 0.5) is 0 Å². The highest BCUT2D eigenvalue weighted by atomic mass is 16.4. The first-order valence-electron chi connectivity index (χ1n) is 9.55. The van der Waals surface area contributed by atoms with Gasteiger partial charge in [-0.2, -0.15) is 0 Å². The minimum atomic E-state index is 0.679. The standard InChI is InChI=1S/C20H29NO/c1-11-17-10-18-16-5-3-12-9-13(21-22)4-6-14(12)15(16)7-8-20(18,2)19(11)17/h9,11,14-19,22H,3-8,10H2,1-2H3/b21-13+. The lowest BCUT2D eigenvalue weighted by molar-refractivity contribution is -0.0208. The fraction of sp³-hybridized carbons (Fsp3) is 0.850. The molecular formula is C20H29NO. The summed E-state index contributed by atoms with van der Waals surface area (Å²) in [6, 6.07) is 0. The van der Waals surface area contributed by atoms with Crippen LogP contribution < -0.4 is 0 Å². The number of hydrogen-bond donors (Lipinski definition) is 1. The quantitative estimate of drug-likeness (QED) is 0.502. The van der Waals surface area contributed by atoms with Crippen molar-refractivity contribution in [3.63, 3.8) is 0 Å². The van der Waals surface area contributed by atoms with Gasteiger partial charge in [-0.25, -0.2) is 0 Å². The van der Waals surface area contributed by atoms with Crippen molar-refractivity contribution in [2.24, 2.45) is 52.0 Å². The lowest BCUT2D eigenvalue weighted by atomic mass is 9.51. The Bertz CT molecular complexity index is 564. The Morgan fingerprint density at radius 2 is 2.00 bits per heavy atom. The summed E-state index contributed by atoms with van der Waals surface area (Å²) in [5.74, 6) is 6.92. The van der Waals surface area contributed by atoms with Gasteiger partial charge in [0, 0.05) is 0 Å². The van der Waals surface area contributed by atoms with E-state index >= 15 is 0 Å². The molecular weight excluding hydrogens is 270 g/mol. The molecule has 1 N–H and O–H groups in total. The molecule has 0 aliphatic heterocycles. The number of rotatable bonds is 0. The first-order chi connectivity index (χ1) is 10.6. The maximum Gasteiger partial charge on any atom is 0.0795 e. The summed E-state index contributed by atoms with van der Waals surface area (Å²) >= 11 is 0. The molecule has 0 aromatic carbocycles. The van der Waals surface area contributed by atoms with Crippen LogP contribution in [0.3, 0.4) is 0 Å². The third kappa shape index (κ3) is 1.59. The van der Waals surface area contributed by atoms with E-state index in [0.717, 1.165) is 53.6 Å². The Hall–Kier alpha value is -0.790. The zero-order chi connectivity index (χ0) is 15.1. The summed E-state index contributed by atoms with van der Waals surface area (Å²) in [6.45, 7) is 5.15. The molecule has 0 bridgehead atoms. The lowest BCUT2D eigenvalue weighted by Crippen LogP contribution is -2.46. The molecule has 5 aliphatic rings. The van der Waals surface area contributed by atoms with Gasteiger partial charge < -0.3 is 5.21 Å². The van der Waals surface area contributed by atoms with E-state index < -0.39 is 0 Å². The van der Waals surface area contributed by atoms with Gasteiger partial charge in [-0.1, -0.05) is 24.6 Å². The van der Waals surface area contributed by atoms with Crippen molar-refractivity contribution in [1.82, 2.24) is 0 Å². The van der Waals surface area contributed by atoms with Gasteiger partial charge in [0.25, 0.3) is 0 Å². The van der Waals surface area contributed by atoms with Crippen molar-refractivity contribution >= 4 is 5.71 Å². The summed E-state index contributed by atoms with van der Waals surface area (Å²) in [7, 11) is 0. The molecule has 22 heavy (non-hydrogen) atoms. The van der Waals surface area contributed by atoms with Crippen LogP contribution in [0.5, 0.6) is 0 Å². The lowest BCUT2D eigenvalue weighted by Gasteiger charge is -2.54. The molecule has 0 saturated heterocycles. The van der Waals surface area contributed by atoms with Crippen molar-refractivity contribution < 1.29 is 5.21 Å². The topological polar surface area (TPSA) is 32.6 Å². The van der Waals surface area contributed by atoms with E-state index in [4.69, 9.17) is 5.21 Å². The monoisotopic (exact) mass is 299 g/mol. The van der Waals surface area contributed by atoms with Crippen LogP contribution in [0.25, 0.3) is 0 Å². The summed E-state index contributed by atoms with van der Waals surface area (Å²) in [5, 5.41) is 12.5. The fourth-order valence-corrected chi connectivity index (χ4v) is 7.77. The number of allylic oxidation sites excluding steroid dienone is 2. The third-order valence-corrected chi connectivity index (χ3v) is 8.73. The van der Waals surface area contributed by atoms with Gasteiger partial charge >= 0.3 is 0 Å². The van der Waals surface area contributed by atoms with Gasteiger partial charge in [-0.15, -0.1) is 0 Å². The summed E-state index contributed by atoms with van der Waals surface area (Å²) < 4.78 is 0. The zero-order valence-electron chi connectivity index (χ0n) is 14.0. The van der Waals surface area contributed by atoms with Crippen LogP contribution in [0.1, 0.15) is 58.8 Å². The number of oxime groups is 1. The smallest absolute Gasteiger partial charge is 0.0795 e. The molecule has 120 valence electrons. The highest BCUT2D eigenvalue weighted by Gasteiger charge is 2.68. The SMILES string of the molecule is CC1C2CC3C4CCC5=C/C(=N/O)CCC5C4CCC3(C)C12. The van der Waals surface area contributed by atoms with Crippen molar-refractivity contribution in [2.75, 3.05) is 0 Å². The largest absolute Gasteiger partial charge is 0.411 e. The Morgan fingerprint density at radius 1 is 1.14 bits per heavy atom. The average molecular weight is 299 g/mol. The van der Waals surface area contributed by atoms with Crippen molar-refractivity contribution in [3.8, 4) is 0 Å². The van der Waals surface area contributed by atoms with E-state index in [-0.39, 0.29) is 0 Å². The maximum absolute atomic E-state index is 9.07. The van der Waals surface area contributed by atoms with Crippen molar-refractivity contribution in [1.29, 1.82) is 0 Å². The summed E-state index contributed by atoms with van der Waals surface area (Å²) in [4.78, 5) is 0. The predicted octanol–water partition coefficient (Wildman–Crippen LogP) is 4.88. The second-order valence-corrected chi connectivity index (χ2v) is 9.26. The Kier molecular flexibility index (Phi) is 2.72. The number of fused-ring (bicyclic) bond motifs is 7. The fourth-order valence-electron chi connectivity index (χ4n) is 7.77. The molecule has 5 rings (SSSR count). The second kappa shape index (κ2) is 4.39. The van der Waals surface area contributed by atoms with E-state index in [1.165, 1.54) is 32.1 Å². The molecule has 8 atom stereocenters. The minimum absolute atomic E-state index is 0.679. The van der Waals surface area contributed by atoms with Crippen LogP contribution in [0.15, 0.2) is 16.8 Å². The van der Waals surface area contributed by atoms with E-state index in [2.05, 4.69) is 25.1 Å². The molecule has 0 aromatic rings. The van der Waals surface area contributed by atoms with E-state index in [0.29, 0.717) is 5.41 Å². The molecule has 0 radical (unpaired) electrons. The highest BCUT2D eigenvalue weighted by Crippen LogP contribution is 2.74. The van der Waals surface area contributed by atoms with Gasteiger partial charge in [0.15, 0.2) is 0 Å². The molecule has 4 saturated carbocycles. The maximum atomic E-state index is 9.07. The molecule has 5 aliphatic carbocycles. The first-order valence-corrected chi connectivity index (χ1v) is 9.55. The Balaban J connectivity index is 1.43. The third-order valence-electron chi connectivity index (χ3n) is 8.73. The van der Waals surface area contributed by atoms with Gasteiger partial charge in [0.1, 0.15) is 0 Å². The molecule has 4 fully saturated rings. The van der Waals surface area contributed by atoms with Crippen molar-refractivity contribution in [3.05, 3.63) is 11.6 Å². The van der Waals surface area contributed by atoms with Crippen LogP contribution in [0, 0.1) is 46.8 Å².